The first kappa shape index (κ1) is 23.7. The van der Waals surface area contributed by atoms with E-state index in [1.54, 1.807) is 26.4 Å². The van der Waals surface area contributed by atoms with Gasteiger partial charge in [-0.2, -0.15) is 0 Å². The average Bonchev–Trinajstić information content (AvgIpc) is 2.83. The van der Waals surface area contributed by atoms with Crippen molar-refractivity contribution in [1.82, 2.24) is 5.32 Å². The molecule has 0 unspecified atom stereocenters. The highest BCUT2D eigenvalue weighted by molar-refractivity contribution is 5.97. The fourth-order valence-electron chi connectivity index (χ4n) is 3.46. The van der Waals surface area contributed by atoms with E-state index in [0.717, 1.165) is 29.3 Å². The Morgan fingerprint density at radius 2 is 1.39 bits per heavy atom. The molecule has 0 bridgehead atoms. The predicted octanol–water partition coefficient (Wildman–Crippen LogP) is 4.16. The van der Waals surface area contributed by atoms with Crippen molar-refractivity contribution in [3.05, 3.63) is 83.4 Å². The molecule has 3 rings (SSSR count). The minimum absolute atomic E-state index is 0.0534. The topological polar surface area (TPSA) is 73.9 Å². The zero-order valence-electron chi connectivity index (χ0n) is 18.4. The number of amides is 1. The summed E-state index contributed by atoms with van der Waals surface area (Å²) in [6.07, 6.45) is 0.0534. The molecule has 0 saturated heterocycles. The van der Waals surface area contributed by atoms with E-state index >= 15 is 0 Å². The molecule has 0 aliphatic carbocycles. The van der Waals surface area contributed by atoms with Crippen molar-refractivity contribution in [3.63, 3.8) is 0 Å². The highest BCUT2D eigenvalue weighted by atomic mass is 19.1. The molecule has 6 nitrogen and oxygen atoms in total. The number of carbonyl (C=O) groups is 2. The number of benzene rings is 3. The fourth-order valence-corrected chi connectivity index (χ4v) is 3.46. The number of hydrogen-bond donors (Lipinski definition) is 1. The number of ether oxygens (including phenoxy) is 3. The molecule has 0 aliphatic heterocycles. The molecule has 1 atom stereocenters. The summed E-state index contributed by atoms with van der Waals surface area (Å²) in [5, 5.41) is 2.36. The van der Waals surface area contributed by atoms with Gasteiger partial charge in [-0.25, -0.2) is 13.6 Å². The molecule has 3 aromatic rings. The third kappa shape index (κ3) is 5.28. The van der Waals surface area contributed by atoms with Gasteiger partial charge in [0, 0.05) is 6.42 Å². The van der Waals surface area contributed by atoms with Crippen LogP contribution in [0.15, 0.2) is 60.7 Å². The van der Waals surface area contributed by atoms with Crippen LogP contribution in [-0.4, -0.2) is 39.2 Å². The first-order valence-corrected chi connectivity index (χ1v) is 10.0. The first-order chi connectivity index (χ1) is 15.9. The van der Waals surface area contributed by atoms with Gasteiger partial charge in [-0.05, 0) is 35.4 Å². The Kier molecular flexibility index (Phi) is 7.61. The molecule has 172 valence electrons. The number of methoxy groups -OCH3 is 3. The highest BCUT2D eigenvalue weighted by Crippen LogP contribution is 2.38. The van der Waals surface area contributed by atoms with Crippen molar-refractivity contribution >= 4 is 11.9 Å². The van der Waals surface area contributed by atoms with E-state index in [1.807, 2.05) is 30.3 Å². The first-order valence-electron chi connectivity index (χ1n) is 10.0. The summed E-state index contributed by atoms with van der Waals surface area (Å²) in [5.41, 5.74) is 1.52. The van der Waals surface area contributed by atoms with Crippen LogP contribution in [0.5, 0.6) is 11.5 Å². The minimum Gasteiger partial charge on any atom is -0.496 e. The zero-order chi connectivity index (χ0) is 24.0. The number of rotatable bonds is 8. The van der Waals surface area contributed by atoms with Gasteiger partial charge in [-0.3, -0.25) is 4.79 Å². The smallest absolute Gasteiger partial charge is 0.328 e. The van der Waals surface area contributed by atoms with Gasteiger partial charge in [-0.15, -0.1) is 0 Å². The van der Waals surface area contributed by atoms with Crippen molar-refractivity contribution < 1.29 is 32.6 Å². The van der Waals surface area contributed by atoms with Gasteiger partial charge in [0.1, 0.15) is 34.7 Å². The van der Waals surface area contributed by atoms with E-state index < -0.39 is 35.1 Å². The maximum absolute atomic E-state index is 14.0. The second-order valence-electron chi connectivity index (χ2n) is 7.08. The van der Waals surface area contributed by atoms with Crippen LogP contribution in [-0.2, 0) is 16.0 Å². The Hall–Kier alpha value is -3.94. The third-order valence-electron chi connectivity index (χ3n) is 5.09. The third-order valence-corrected chi connectivity index (χ3v) is 5.09. The van der Waals surface area contributed by atoms with Gasteiger partial charge in [0.15, 0.2) is 0 Å². The standard InChI is InChI=1S/C25H23F2NO5/c1-31-20-8-5-9-21(32-2)22(20)16-12-10-15(11-13-16)14-19(25(30)33-3)28-24(29)23-17(26)6-4-7-18(23)27/h4-13,19H,14H2,1-3H3,(H,28,29)/t19-/m0/s1. The van der Waals surface area contributed by atoms with Gasteiger partial charge in [0.05, 0.1) is 26.9 Å². The van der Waals surface area contributed by atoms with E-state index in [2.05, 4.69) is 5.32 Å². The number of hydrogen-bond acceptors (Lipinski definition) is 5. The van der Waals surface area contributed by atoms with E-state index in [4.69, 9.17) is 14.2 Å². The van der Waals surface area contributed by atoms with Gasteiger partial charge < -0.3 is 19.5 Å². The maximum Gasteiger partial charge on any atom is 0.328 e. The van der Waals surface area contributed by atoms with Crippen molar-refractivity contribution in [3.8, 4) is 22.6 Å². The molecule has 8 heteroatoms. The summed E-state index contributed by atoms with van der Waals surface area (Å²) >= 11 is 0. The van der Waals surface area contributed by atoms with Crippen LogP contribution < -0.4 is 14.8 Å². The van der Waals surface area contributed by atoms with E-state index in [0.29, 0.717) is 17.1 Å². The molecule has 0 fully saturated rings. The largest absolute Gasteiger partial charge is 0.496 e. The molecule has 0 heterocycles. The summed E-state index contributed by atoms with van der Waals surface area (Å²) in [4.78, 5) is 24.7. The molecule has 0 aliphatic rings. The van der Waals surface area contributed by atoms with Crippen LogP contribution in [0.25, 0.3) is 11.1 Å². The maximum atomic E-state index is 14.0. The molecule has 1 amide bonds. The van der Waals surface area contributed by atoms with Crippen LogP contribution in [0.1, 0.15) is 15.9 Å². The normalized spacial score (nSPS) is 11.4. The predicted molar refractivity (Wildman–Crippen MR) is 118 cm³/mol. The van der Waals surface area contributed by atoms with Crippen molar-refractivity contribution in [2.45, 2.75) is 12.5 Å². The molecule has 0 radical (unpaired) electrons. The van der Waals surface area contributed by atoms with Gasteiger partial charge >= 0.3 is 5.97 Å². The Morgan fingerprint density at radius 3 is 1.91 bits per heavy atom. The Labute approximate surface area is 190 Å². The number of nitrogens with one attached hydrogen (secondary N) is 1. The molecule has 33 heavy (non-hydrogen) atoms. The van der Waals surface area contributed by atoms with Crippen molar-refractivity contribution in [2.75, 3.05) is 21.3 Å². The fraction of sp³-hybridized carbons (Fsp3) is 0.200. The zero-order valence-corrected chi connectivity index (χ0v) is 18.4. The molecular formula is C25H23F2NO5. The van der Waals surface area contributed by atoms with E-state index in [1.165, 1.54) is 7.11 Å². The van der Waals surface area contributed by atoms with Crippen LogP contribution in [0.4, 0.5) is 8.78 Å². The van der Waals surface area contributed by atoms with Crippen LogP contribution >= 0.6 is 0 Å². The quantitative estimate of drug-likeness (QED) is 0.517. The number of halogens is 2. The van der Waals surface area contributed by atoms with Gasteiger partial charge in [0.25, 0.3) is 5.91 Å². The Bertz CT molecular complexity index is 1110. The summed E-state index contributed by atoms with van der Waals surface area (Å²) in [6, 6.07) is 14.6. The summed E-state index contributed by atoms with van der Waals surface area (Å²) in [5.74, 6) is -2.56. The average molecular weight is 455 g/mol. The van der Waals surface area contributed by atoms with Crippen LogP contribution in [0, 0.1) is 11.6 Å². The molecule has 3 aromatic carbocycles. The van der Waals surface area contributed by atoms with E-state index in [9.17, 15) is 18.4 Å². The lowest BCUT2D eigenvalue weighted by Crippen LogP contribution is -2.43. The number of carbonyl (C=O) groups excluding carboxylic acids is 2. The molecule has 0 spiro atoms. The molecular weight excluding hydrogens is 432 g/mol. The summed E-state index contributed by atoms with van der Waals surface area (Å²) < 4.78 is 43.5. The van der Waals surface area contributed by atoms with Gasteiger partial charge in [-0.1, -0.05) is 36.4 Å². The number of esters is 1. The highest BCUT2D eigenvalue weighted by Gasteiger charge is 2.26. The monoisotopic (exact) mass is 455 g/mol. The van der Waals surface area contributed by atoms with E-state index in [-0.39, 0.29) is 6.42 Å². The summed E-state index contributed by atoms with van der Waals surface area (Å²) in [6.45, 7) is 0. The second-order valence-corrected chi connectivity index (χ2v) is 7.08. The molecule has 1 N–H and O–H groups in total. The lowest BCUT2D eigenvalue weighted by molar-refractivity contribution is -0.142. The second kappa shape index (κ2) is 10.6. The Morgan fingerprint density at radius 1 is 0.848 bits per heavy atom. The molecule has 0 saturated carbocycles. The van der Waals surface area contributed by atoms with Crippen molar-refractivity contribution in [1.29, 1.82) is 0 Å². The van der Waals surface area contributed by atoms with Crippen LogP contribution in [0.3, 0.4) is 0 Å². The lowest BCUT2D eigenvalue weighted by atomic mass is 9.99. The Balaban J connectivity index is 1.84. The van der Waals surface area contributed by atoms with Gasteiger partial charge in [0.2, 0.25) is 0 Å². The summed E-state index contributed by atoms with van der Waals surface area (Å²) in [7, 11) is 4.30. The SMILES string of the molecule is COC(=O)[C@H](Cc1ccc(-c2c(OC)cccc2OC)cc1)NC(=O)c1c(F)cccc1F. The van der Waals surface area contributed by atoms with Crippen LogP contribution in [0.2, 0.25) is 0 Å². The molecule has 0 aromatic heterocycles. The minimum atomic E-state index is -1.15. The van der Waals surface area contributed by atoms with Crippen molar-refractivity contribution in [2.24, 2.45) is 0 Å². The lowest BCUT2D eigenvalue weighted by Gasteiger charge is -2.18.